The zero-order valence-electron chi connectivity index (χ0n) is 12.4. The topological polar surface area (TPSA) is 49.4 Å². The van der Waals surface area contributed by atoms with E-state index in [0.717, 1.165) is 10.5 Å². The Morgan fingerprint density at radius 2 is 1.58 bits per heavy atom. The van der Waals surface area contributed by atoms with E-state index >= 15 is 0 Å². The Hall–Kier alpha value is -2.01. The molecule has 1 N–H and O–H groups in total. The molecule has 1 aliphatic heterocycles. The van der Waals surface area contributed by atoms with Crippen molar-refractivity contribution in [2.45, 2.75) is 6.92 Å². The number of aryl methyl sites for hydroxylation is 1. The molecule has 0 unspecified atom stereocenters. The lowest BCUT2D eigenvalue weighted by molar-refractivity contribution is -0.120. The summed E-state index contributed by atoms with van der Waals surface area (Å²) in [5.74, 6) is -1.24. The van der Waals surface area contributed by atoms with E-state index in [1.54, 1.807) is 24.3 Å². The molecule has 0 spiro atoms. The molecule has 24 heavy (non-hydrogen) atoms. The normalized spacial score (nSPS) is 14.6. The average Bonchev–Trinajstić information content (AvgIpc) is 2.76. The van der Waals surface area contributed by atoms with E-state index in [1.807, 2.05) is 19.1 Å². The number of nitrogens with zero attached hydrogens (tertiary/aromatic N) is 1. The van der Waals surface area contributed by atoms with Crippen LogP contribution >= 0.6 is 34.8 Å². The fraction of sp³-hybridized carbons (Fsp3) is 0.0588. The van der Waals surface area contributed by atoms with Crippen molar-refractivity contribution in [3.8, 4) is 0 Å². The number of imide groups is 1. The molecule has 1 aliphatic rings. The number of carbonyl (C=O) groups is 2. The minimum absolute atomic E-state index is 0.00145. The summed E-state index contributed by atoms with van der Waals surface area (Å²) in [6.07, 6.45) is 0. The first-order chi connectivity index (χ1) is 11.4. The number of anilines is 2. The molecule has 0 radical (unpaired) electrons. The third kappa shape index (κ3) is 2.88. The van der Waals surface area contributed by atoms with E-state index in [0.29, 0.717) is 5.69 Å². The van der Waals surface area contributed by atoms with Gasteiger partial charge in [-0.1, -0.05) is 58.6 Å². The SMILES string of the molecule is Cc1ccc(NC2=C(Cl)C(=O)N(c3cccc(Cl)c3Cl)C2=O)cc1. The Bertz CT molecular complexity index is 876. The van der Waals surface area contributed by atoms with Gasteiger partial charge >= 0.3 is 0 Å². The zero-order chi connectivity index (χ0) is 17.4. The lowest BCUT2D eigenvalue weighted by Gasteiger charge is -2.17. The fourth-order valence-corrected chi connectivity index (χ4v) is 2.87. The molecule has 3 rings (SSSR count). The Morgan fingerprint density at radius 3 is 2.25 bits per heavy atom. The maximum atomic E-state index is 12.7. The van der Waals surface area contributed by atoms with E-state index in [1.165, 1.54) is 6.07 Å². The standard InChI is InChI=1S/C17H11Cl3N2O2/c1-9-5-7-10(8-6-9)21-15-14(20)16(23)22(17(15)24)12-4-2-3-11(18)13(12)19/h2-8,21H,1H3. The van der Waals surface area contributed by atoms with Crippen molar-refractivity contribution in [2.24, 2.45) is 0 Å². The molecule has 2 aromatic rings. The van der Waals surface area contributed by atoms with Crippen LogP contribution in [0.1, 0.15) is 5.56 Å². The molecule has 0 fully saturated rings. The largest absolute Gasteiger partial charge is 0.350 e. The number of rotatable bonds is 3. The van der Waals surface area contributed by atoms with Crippen molar-refractivity contribution >= 4 is 58.0 Å². The molecule has 122 valence electrons. The van der Waals surface area contributed by atoms with Gasteiger partial charge in [0, 0.05) is 5.69 Å². The minimum Gasteiger partial charge on any atom is -0.350 e. The van der Waals surface area contributed by atoms with Crippen LogP contribution in [0.2, 0.25) is 10.0 Å². The molecule has 0 aliphatic carbocycles. The molecule has 0 bridgehead atoms. The van der Waals surface area contributed by atoms with Crippen LogP contribution in [-0.2, 0) is 9.59 Å². The maximum Gasteiger partial charge on any atom is 0.283 e. The Morgan fingerprint density at radius 1 is 0.917 bits per heavy atom. The highest BCUT2D eigenvalue weighted by atomic mass is 35.5. The van der Waals surface area contributed by atoms with Gasteiger partial charge in [-0.05, 0) is 31.2 Å². The van der Waals surface area contributed by atoms with Gasteiger partial charge in [-0.2, -0.15) is 0 Å². The number of hydrogen-bond donors (Lipinski definition) is 1. The van der Waals surface area contributed by atoms with E-state index in [-0.39, 0.29) is 26.5 Å². The van der Waals surface area contributed by atoms with Crippen LogP contribution in [0.4, 0.5) is 11.4 Å². The molecule has 0 atom stereocenters. The molecular formula is C17H11Cl3N2O2. The number of benzene rings is 2. The van der Waals surface area contributed by atoms with Crippen LogP contribution in [0.25, 0.3) is 0 Å². The number of hydrogen-bond acceptors (Lipinski definition) is 3. The zero-order valence-corrected chi connectivity index (χ0v) is 14.7. The predicted molar refractivity (Wildman–Crippen MR) is 96.6 cm³/mol. The van der Waals surface area contributed by atoms with Gasteiger partial charge in [-0.15, -0.1) is 0 Å². The Labute approximate surface area is 153 Å². The first-order valence-electron chi connectivity index (χ1n) is 6.96. The summed E-state index contributed by atoms with van der Waals surface area (Å²) in [4.78, 5) is 26.0. The number of amides is 2. The van der Waals surface area contributed by atoms with Gasteiger partial charge in [-0.25, -0.2) is 4.90 Å². The van der Waals surface area contributed by atoms with E-state index < -0.39 is 11.8 Å². The third-order valence-electron chi connectivity index (χ3n) is 3.52. The van der Waals surface area contributed by atoms with Crippen LogP contribution in [0.15, 0.2) is 53.2 Å². The van der Waals surface area contributed by atoms with Crippen molar-refractivity contribution in [1.29, 1.82) is 0 Å². The molecule has 7 heteroatoms. The maximum absolute atomic E-state index is 12.7. The molecule has 0 saturated carbocycles. The van der Waals surface area contributed by atoms with E-state index in [9.17, 15) is 9.59 Å². The lowest BCUT2D eigenvalue weighted by Crippen LogP contribution is -2.32. The Balaban J connectivity index is 1.95. The molecule has 2 aromatic carbocycles. The molecule has 1 heterocycles. The second kappa shape index (κ2) is 6.48. The van der Waals surface area contributed by atoms with Crippen molar-refractivity contribution < 1.29 is 9.59 Å². The highest BCUT2D eigenvalue weighted by molar-refractivity contribution is 6.54. The van der Waals surface area contributed by atoms with Crippen LogP contribution < -0.4 is 10.2 Å². The second-order valence-corrected chi connectivity index (χ2v) is 6.36. The predicted octanol–water partition coefficient (Wildman–Crippen LogP) is 4.74. The van der Waals surface area contributed by atoms with E-state index in [4.69, 9.17) is 34.8 Å². The van der Waals surface area contributed by atoms with Gasteiger partial charge in [0.2, 0.25) is 0 Å². The van der Waals surface area contributed by atoms with Crippen LogP contribution in [0.3, 0.4) is 0 Å². The molecule has 0 saturated heterocycles. The van der Waals surface area contributed by atoms with Gasteiger partial charge in [0.15, 0.2) is 0 Å². The number of carbonyl (C=O) groups excluding carboxylic acids is 2. The van der Waals surface area contributed by atoms with Crippen molar-refractivity contribution in [3.63, 3.8) is 0 Å². The summed E-state index contributed by atoms with van der Waals surface area (Å²) >= 11 is 18.1. The quantitative estimate of drug-likeness (QED) is 0.781. The third-order valence-corrected chi connectivity index (χ3v) is 4.68. The Kier molecular flexibility index (Phi) is 4.54. The summed E-state index contributed by atoms with van der Waals surface area (Å²) in [5, 5.41) is 3.05. The van der Waals surface area contributed by atoms with Gasteiger partial charge in [-0.3, -0.25) is 9.59 Å². The summed E-state index contributed by atoms with van der Waals surface area (Å²) < 4.78 is 0. The highest BCUT2D eigenvalue weighted by Crippen LogP contribution is 2.37. The fourth-order valence-electron chi connectivity index (χ4n) is 2.28. The molecule has 0 aromatic heterocycles. The summed E-state index contributed by atoms with van der Waals surface area (Å²) in [7, 11) is 0. The van der Waals surface area contributed by atoms with Crippen LogP contribution in [0.5, 0.6) is 0 Å². The first kappa shape index (κ1) is 16.8. The first-order valence-corrected chi connectivity index (χ1v) is 8.10. The molecule has 2 amide bonds. The minimum atomic E-state index is -0.652. The summed E-state index contributed by atoms with van der Waals surface area (Å²) in [6.45, 7) is 1.95. The highest BCUT2D eigenvalue weighted by Gasteiger charge is 2.40. The molecular weight excluding hydrogens is 371 g/mol. The van der Waals surface area contributed by atoms with Gasteiger partial charge in [0.1, 0.15) is 10.7 Å². The average molecular weight is 382 g/mol. The van der Waals surface area contributed by atoms with Gasteiger partial charge < -0.3 is 5.32 Å². The van der Waals surface area contributed by atoms with Gasteiger partial charge in [0.05, 0.1) is 15.7 Å². The van der Waals surface area contributed by atoms with Crippen molar-refractivity contribution in [3.05, 3.63) is 68.8 Å². The van der Waals surface area contributed by atoms with Gasteiger partial charge in [0.25, 0.3) is 11.8 Å². The van der Waals surface area contributed by atoms with E-state index in [2.05, 4.69) is 5.32 Å². The number of halogens is 3. The van der Waals surface area contributed by atoms with Crippen LogP contribution in [-0.4, -0.2) is 11.8 Å². The monoisotopic (exact) mass is 380 g/mol. The van der Waals surface area contributed by atoms with Crippen LogP contribution in [0, 0.1) is 6.92 Å². The smallest absolute Gasteiger partial charge is 0.283 e. The second-order valence-electron chi connectivity index (χ2n) is 5.20. The molecule has 4 nitrogen and oxygen atoms in total. The lowest BCUT2D eigenvalue weighted by atomic mass is 10.2. The van der Waals surface area contributed by atoms with Crippen molar-refractivity contribution in [1.82, 2.24) is 0 Å². The summed E-state index contributed by atoms with van der Waals surface area (Å²) in [6, 6.07) is 12.0. The number of nitrogens with one attached hydrogen (secondary N) is 1. The van der Waals surface area contributed by atoms with Crippen molar-refractivity contribution in [2.75, 3.05) is 10.2 Å². The summed E-state index contributed by atoms with van der Waals surface area (Å²) in [5.41, 5.74) is 1.91.